The summed E-state index contributed by atoms with van der Waals surface area (Å²) >= 11 is 0. The summed E-state index contributed by atoms with van der Waals surface area (Å²) in [6.45, 7) is 0. The number of nitrogens with zero attached hydrogens (tertiary/aromatic N) is 1. The minimum Gasteiger partial charge on any atom is -0.339 e. The Kier molecular flexibility index (Phi) is 4.92. The van der Waals surface area contributed by atoms with E-state index >= 15 is 0 Å². The van der Waals surface area contributed by atoms with Crippen LogP contribution in [0.15, 0.2) is 41.2 Å². The third kappa shape index (κ3) is 3.84. The van der Waals surface area contributed by atoms with Crippen LogP contribution in [0.2, 0.25) is 0 Å². The highest BCUT2D eigenvalue weighted by molar-refractivity contribution is 5.85. The van der Waals surface area contributed by atoms with Gasteiger partial charge in [-0.25, -0.2) is 4.98 Å². The number of anilines is 2. The highest BCUT2D eigenvalue weighted by Gasteiger charge is 2.33. The molecule has 1 aliphatic rings. The number of aromatic nitrogens is 2. The van der Waals surface area contributed by atoms with Crippen LogP contribution in [-0.4, -0.2) is 16.2 Å². The van der Waals surface area contributed by atoms with Gasteiger partial charge in [0.05, 0.1) is 16.8 Å². The third-order valence-corrected chi connectivity index (χ3v) is 4.20. The van der Waals surface area contributed by atoms with Crippen molar-refractivity contribution in [3.8, 4) is 0 Å². The first-order chi connectivity index (χ1) is 12.4. The van der Waals surface area contributed by atoms with Crippen molar-refractivity contribution in [2.45, 2.75) is 25.4 Å². The predicted molar refractivity (Wildman–Crippen MR) is 93.0 cm³/mol. The maximum Gasteiger partial charge on any atom is 0.418 e. The molecule has 0 aliphatic heterocycles. The lowest BCUT2D eigenvalue weighted by Gasteiger charge is -2.16. The Hall–Kier alpha value is -2.90. The number of hydrogen-bond acceptors (Lipinski definition) is 4. The highest BCUT2D eigenvalue weighted by atomic mass is 19.4. The molecule has 0 radical (unpaired) electrons. The Balaban J connectivity index is 1.99. The lowest BCUT2D eigenvalue weighted by atomic mass is 10.0. The molecular weight excluding hydrogens is 345 g/mol. The Morgan fingerprint density at radius 1 is 1.35 bits per heavy atom. The zero-order valence-electron chi connectivity index (χ0n) is 13.7. The molecule has 3 N–H and O–H groups in total. The van der Waals surface area contributed by atoms with Gasteiger partial charge >= 0.3 is 6.18 Å². The lowest BCUT2D eigenvalue weighted by molar-refractivity contribution is -0.136. The number of hydrogen-bond donors (Lipinski definition) is 3. The van der Waals surface area contributed by atoms with E-state index in [9.17, 15) is 18.0 Å². The molecule has 1 aromatic heterocycles. The molecule has 2 aromatic rings. The van der Waals surface area contributed by atoms with Crippen LogP contribution >= 0.6 is 0 Å². The number of rotatable bonds is 5. The first-order valence-corrected chi connectivity index (χ1v) is 8.12. The first-order valence-electron chi connectivity index (χ1n) is 8.12. The van der Waals surface area contributed by atoms with Crippen LogP contribution in [0.1, 0.15) is 29.8 Å². The van der Waals surface area contributed by atoms with Crippen LogP contribution in [0, 0.1) is 11.3 Å². The molecule has 1 atom stereocenters. The van der Waals surface area contributed by atoms with Crippen LogP contribution in [0.25, 0.3) is 0 Å². The summed E-state index contributed by atoms with van der Waals surface area (Å²) in [5.74, 6) is 0.556. The van der Waals surface area contributed by atoms with Gasteiger partial charge < -0.3 is 15.7 Å². The molecule has 3 rings (SSSR count). The van der Waals surface area contributed by atoms with Crippen molar-refractivity contribution >= 4 is 17.7 Å². The van der Waals surface area contributed by atoms with E-state index in [-0.39, 0.29) is 23.0 Å². The van der Waals surface area contributed by atoms with Crippen molar-refractivity contribution in [3.63, 3.8) is 0 Å². The lowest BCUT2D eigenvalue weighted by Crippen LogP contribution is -2.21. The second-order valence-electron chi connectivity index (χ2n) is 6.06. The van der Waals surface area contributed by atoms with Crippen molar-refractivity contribution in [2.75, 3.05) is 5.32 Å². The van der Waals surface area contributed by atoms with Gasteiger partial charge in [0.1, 0.15) is 11.6 Å². The number of benzene rings is 1. The van der Waals surface area contributed by atoms with Crippen molar-refractivity contribution in [1.82, 2.24) is 9.97 Å². The van der Waals surface area contributed by atoms with Crippen LogP contribution in [-0.2, 0) is 12.6 Å². The molecule has 0 saturated carbocycles. The molecule has 0 fully saturated rings. The van der Waals surface area contributed by atoms with Gasteiger partial charge in [0, 0.05) is 12.6 Å². The minimum absolute atomic E-state index is 0.0579. The average molecular weight is 362 g/mol. The largest absolute Gasteiger partial charge is 0.418 e. The summed E-state index contributed by atoms with van der Waals surface area (Å²) < 4.78 is 39.5. The molecule has 1 heterocycles. The van der Waals surface area contributed by atoms with Gasteiger partial charge in [-0.2, -0.15) is 13.2 Å². The van der Waals surface area contributed by atoms with Crippen molar-refractivity contribution in [1.29, 1.82) is 5.41 Å². The SMILES string of the molecule is N=Cc1c(Nc2ccccc2C(F)(F)F)nc(CC2C=CCC2)[nH]c1=O. The van der Waals surface area contributed by atoms with Crippen molar-refractivity contribution in [2.24, 2.45) is 5.92 Å². The molecule has 0 spiro atoms. The van der Waals surface area contributed by atoms with Crippen LogP contribution in [0.4, 0.5) is 24.7 Å². The molecule has 1 aromatic carbocycles. The molecule has 1 aliphatic carbocycles. The fourth-order valence-electron chi connectivity index (χ4n) is 2.94. The van der Waals surface area contributed by atoms with E-state index in [1.807, 2.05) is 12.2 Å². The number of alkyl halides is 3. The number of para-hydroxylation sites is 1. The maximum absolute atomic E-state index is 13.2. The van der Waals surface area contributed by atoms with Crippen molar-refractivity contribution < 1.29 is 13.2 Å². The summed E-state index contributed by atoms with van der Waals surface area (Å²) in [6.07, 6.45) is 2.70. The van der Waals surface area contributed by atoms with E-state index in [0.717, 1.165) is 25.1 Å². The third-order valence-electron chi connectivity index (χ3n) is 4.20. The number of halogens is 3. The van der Waals surface area contributed by atoms with E-state index in [4.69, 9.17) is 5.41 Å². The monoisotopic (exact) mass is 362 g/mol. The molecule has 26 heavy (non-hydrogen) atoms. The van der Waals surface area contributed by atoms with E-state index < -0.39 is 17.3 Å². The Morgan fingerprint density at radius 3 is 2.77 bits per heavy atom. The summed E-state index contributed by atoms with van der Waals surface area (Å²) in [5, 5.41) is 9.99. The molecule has 5 nitrogen and oxygen atoms in total. The topological polar surface area (TPSA) is 81.6 Å². The quantitative estimate of drug-likeness (QED) is 0.555. The van der Waals surface area contributed by atoms with E-state index in [1.165, 1.54) is 18.2 Å². The second-order valence-corrected chi connectivity index (χ2v) is 6.06. The zero-order chi connectivity index (χ0) is 18.7. The van der Waals surface area contributed by atoms with E-state index in [2.05, 4.69) is 15.3 Å². The smallest absolute Gasteiger partial charge is 0.339 e. The zero-order valence-corrected chi connectivity index (χ0v) is 13.7. The number of nitrogens with one attached hydrogen (secondary N) is 3. The van der Waals surface area contributed by atoms with Crippen LogP contribution in [0.3, 0.4) is 0 Å². The normalized spacial score (nSPS) is 16.7. The fourth-order valence-corrected chi connectivity index (χ4v) is 2.94. The van der Waals surface area contributed by atoms with E-state index in [0.29, 0.717) is 12.2 Å². The molecular formula is C18H17F3N4O. The van der Waals surface area contributed by atoms with Gasteiger partial charge in [-0.15, -0.1) is 0 Å². The van der Waals surface area contributed by atoms with Gasteiger partial charge in [-0.3, -0.25) is 4.79 Å². The van der Waals surface area contributed by atoms with Gasteiger partial charge in [0.2, 0.25) is 0 Å². The van der Waals surface area contributed by atoms with Gasteiger partial charge in [-0.1, -0.05) is 24.3 Å². The summed E-state index contributed by atoms with van der Waals surface area (Å²) in [4.78, 5) is 19.1. The number of aromatic amines is 1. The van der Waals surface area contributed by atoms with Gasteiger partial charge in [-0.05, 0) is 30.9 Å². The van der Waals surface area contributed by atoms with Crippen LogP contribution in [0.5, 0.6) is 0 Å². The van der Waals surface area contributed by atoms with Gasteiger partial charge in [0.15, 0.2) is 0 Å². The summed E-state index contributed by atoms with van der Waals surface area (Å²) in [5.41, 5.74) is -1.75. The molecule has 0 bridgehead atoms. The minimum atomic E-state index is -4.55. The van der Waals surface area contributed by atoms with Crippen molar-refractivity contribution in [3.05, 3.63) is 63.7 Å². The Bertz CT molecular complexity index is 902. The molecule has 8 heteroatoms. The first kappa shape index (κ1) is 17.9. The summed E-state index contributed by atoms with van der Waals surface area (Å²) in [7, 11) is 0. The summed E-state index contributed by atoms with van der Waals surface area (Å²) in [6, 6.07) is 4.95. The molecule has 0 amide bonds. The number of H-pyrrole nitrogens is 1. The molecule has 1 unspecified atom stereocenters. The average Bonchev–Trinajstić information content (AvgIpc) is 3.07. The number of allylic oxidation sites excluding steroid dienone is 2. The van der Waals surface area contributed by atoms with Crippen LogP contribution < -0.4 is 10.9 Å². The standard InChI is InChI=1S/C18H17F3N4O/c19-18(20,21)13-7-3-4-8-14(13)23-16-12(10-22)17(26)25-15(24-16)9-11-5-1-2-6-11/h1,3-5,7-8,10-11,22H,2,6,9H2,(H2,23,24,25,26). The maximum atomic E-state index is 13.2. The Morgan fingerprint density at radius 2 is 2.12 bits per heavy atom. The Labute approximate surface area is 147 Å². The molecule has 136 valence electrons. The molecule has 0 saturated heterocycles. The highest BCUT2D eigenvalue weighted by Crippen LogP contribution is 2.35. The van der Waals surface area contributed by atoms with Gasteiger partial charge in [0.25, 0.3) is 5.56 Å². The fraction of sp³-hybridized carbons (Fsp3) is 0.278. The predicted octanol–water partition coefficient (Wildman–Crippen LogP) is 4.04. The second kappa shape index (κ2) is 7.15. The van der Waals surface area contributed by atoms with E-state index in [1.54, 1.807) is 0 Å².